The van der Waals surface area contributed by atoms with Crippen molar-refractivity contribution in [3.05, 3.63) is 41.7 Å². The van der Waals surface area contributed by atoms with Crippen LogP contribution in [0.3, 0.4) is 0 Å². The average molecular weight is 314 g/mol. The molecule has 0 aliphatic rings. The molecule has 0 unspecified atom stereocenters. The lowest BCUT2D eigenvalue weighted by Crippen LogP contribution is -2.74. The highest BCUT2D eigenvalue weighted by molar-refractivity contribution is 6.00. The molecule has 1 amide bonds. The SMILES string of the molecule is COc1cccc(NC(NC(C)=O)=[NH+]c2nc(C)cc(C)n2)c1. The van der Waals surface area contributed by atoms with E-state index in [0.717, 1.165) is 17.1 Å². The molecule has 7 heteroatoms. The fourth-order valence-corrected chi connectivity index (χ4v) is 2.01. The van der Waals surface area contributed by atoms with Gasteiger partial charge in [0, 0.05) is 19.1 Å². The first-order valence-corrected chi connectivity index (χ1v) is 7.11. The van der Waals surface area contributed by atoms with Crippen LogP contribution in [0.15, 0.2) is 30.3 Å². The van der Waals surface area contributed by atoms with E-state index < -0.39 is 0 Å². The molecule has 0 aliphatic carbocycles. The first-order valence-electron chi connectivity index (χ1n) is 7.11. The van der Waals surface area contributed by atoms with E-state index in [1.807, 2.05) is 44.2 Å². The summed E-state index contributed by atoms with van der Waals surface area (Å²) in [5.41, 5.74) is 2.43. The van der Waals surface area contributed by atoms with E-state index in [2.05, 4.69) is 25.6 Å². The van der Waals surface area contributed by atoms with Crippen LogP contribution in [0.4, 0.5) is 11.6 Å². The Balaban J connectivity index is 2.32. The van der Waals surface area contributed by atoms with Crippen molar-refractivity contribution in [2.45, 2.75) is 20.8 Å². The number of carbonyl (C=O) groups is 1. The van der Waals surface area contributed by atoms with Crippen molar-refractivity contribution < 1.29 is 14.5 Å². The number of nitrogens with one attached hydrogen (secondary N) is 3. The van der Waals surface area contributed by atoms with Crippen molar-refractivity contribution in [2.24, 2.45) is 0 Å². The quantitative estimate of drug-likeness (QED) is 0.564. The molecular formula is C16H20N5O2+. The van der Waals surface area contributed by atoms with Gasteiger partial charge in [0.1, 0.15) is 5.75 Å². The van der Waals surface area contributed by atoms with Gasteiger partial charge in [0.05, 0.1) is 24.2 Å². The van der Waals surface area contributed by atoms with E-state index in [1.54, 1.807) is 7.11 Å². The Labute approximate surface area is 134 Å². The number of hydrogen-bond donors (Lipinski definition) is 3. The summed E-state index contributed by atoms with van der Waals surface area (Å²) >= 11 is 0. The summed E-state index contributed by atoms with van der Waals surface area (Å²) in [6, 6.07) is 9.22. The number of aromatic nitrogens is 2. The Bertz CT molecular complexity index is 723. The van der Waals surface area contributed by atoms with Gasteiger partial charge in [-0.1, -0.05) is 6.07 Å². The first-order chi connectivity index (χ1) is 11.0. The maximum Gasteiger partial charge on any atom is 0.354 e. The molecule has 0 bridgehead atoms. The van der Waals surface area contributed by atoms with Crippen LogP contribution >= 0.6 is 0 Å². The molecule has 0 radical (unpaired) electrons. The Hall–Kier alpha value is -2.96. The second-order valence-electron chi connectivity index (χ2n) is 5.01. The zero-order valence-corrected chi connectivity index (χ0v) is 13.6. The fourth-order valence-electron chi connectivity index (χ4n) is 2.01. The first kappa shape index (κ1) is 16.4. The van der Waals surface area contributed by atoms with Crippen molar-refractivity contribution in [1.29, 1.82) is 0 Å². The molecule has 2 rings (SSSR count). The number of aryl methyl sites for hydroxylation is 2. The zero-order chi connectivity index (χ0) is 16.8. The predicted octanol–water partition coefficient (Wildman–Crippen LogP) is 0.418. The Morgan fingerprint density at radius 3 is 2.48 bits per heavy atom. The van der Waals surface area contributed by atoms with Gasteiger partial charge in [-0.2, -0.15) is 0 Å². The molecule has 1 aromatic carbocycles. The van der Waals surface area contributed by atoms with Crippen molar-refractivity contribution in [1.82, 2.24) is 15.3 Å². The minimum Gasteiger partial charge on any atom is -0.497 e. The lowest BCUT2D eigenvalue weighted by atomic mass is 10.3. The summed E-state index contributed by atoms with van der Waals surface area (Å²) in [6.07, 6.45) is 0. The predicted molar refractivity (Wildman–Crippen MR) is 87.6 cm³/mol. The Morgan fingerprint density at radius 2 is 1.87 bits per heavy atom. The van der Waals surface area contributed by atoms with Gasteiger partial charge >= 0.3 is 5.95 Å². The van der Waals surface area contributed by atoms with Crippen LogP contribution in [-0.2, 0) is 4.79 Å². The summed E-state index contributed by atoms with van der Waals surface area (Å²) in [5, 5.41) is 5.77. The second-order valence-corrected chi connectivity index (χ2v) is 5.01. The summed E-state index contributed by atoms with van der Waals surface area (Å²) < 4.78 is 5.19. The van der Waals surface area contributed by atoms with E-state index in [9.17, 15) is 4.79 Å². The standard InChI is InChI=1S/C16H19N5O2/c1-10-8-11(2)18-15(17-10)21-16(19-12(3)22)20-13-6-5-7-14(9-13)23-4/h5-9H,1-4H3,(H2,17,18,19,20,21,22)/p+1. The van der Waals surface area contributed by atoms with Gasteiger partial charge in [0.2, 0.25) is 0 Å². The molecule has 0 atom stereocenters. The third-order valence-corrected chi connectivity index (χ3v) is 2.86. The molecule has 1 aromatic heterocycles. The molecular weight excluding hydrogens is 294 g/mol. The number of ether oxygens (including phenoxy) is 1. The van der Waals surface area contributed by atoms with Crippen LogP contribution in [0.5, 0.6) is 5.75 Å². The zero-order valence-electron chi connectivity index (χ0n) is 13.6. The maximum absolute atomic E-state index is 11.4. The van der Waals surface area contributed by atoms with Crippen LogP contribution in [0.25, 0.3) is 0 Å². The fraction of sp³-hybridized carbons (Fsp3) is 0.250. The van der Waals surface area contributed by atoms with Crippen molar-refractivity contribution >= 4 is 23.5 Å². The molecule has 0 saturated heterocycles. The number of methoxy groups -OCH3 is 1. The number of benzene rings is 1. The van der Waals surface area contributed by atoms with Crippen LogP contribution < -0.4 is 20.4 Å². The van der Waals surface area contributed by atoms with Gasteiger partial charge in [0.15, 0.2) is 0 Å². The lowest BCUT2D eigenvalue weighted by molar-refractivity contribution is -0.366. The third-order valence-electron chi connectivity index (χ3n) is 2.86. The summed E-state index contributed by atoms with van der Waals surface area (Å²) in [7, 11) is 1.60. The minimum absolute atomic E-state index is 0.215. The number of amides is 1. The number of nitrogens with zero attached hydrogens (tertiary/aromatic N) is 2. The lowest BCUT2D eigenvalue weighted by Gasteiger charge is -2.07. The molecule has 0 saturated carbocycles. The topological polar surface area (TPSA) is 90.1 Å². The molecule has 7 nitrogen and oxygen atoms in total. The van der Waals surface area contributed by atoms with Crippen molar-refractivity contribution in [3.63, 3.8) is 0 Å². The molecule has 0 fully saturated rings. The molecule has 1 heterocycles. The number of carbonyl (C=O) groups excluding carboxylic acids is 1. The Morgan fingerprint density at radius 1 is 1.17 bits per heavy atom. The highest BCUT2D eigenvalue weighted by Gasteiger charge is 2.11. The van der Waals surface area contributed by atoms with E-state index in [-0.39, 0.29) is 5.91 Å². The largest absolute Gasteiger partial charge is 0.497 e. The number of guanidine groups is 1. The third kappa shape index (κ3) is 5.06. The minimum atomic E-state index is -0.215. The number of hydrogen-bond acceptors (Lipinski definition) is 4. The van der Waals surface area contributed by atoms with Gasteiger partial charge in [-0.3, -0.25) is 10.1 Å². The van der Waals surface area contributed by atoms with Crippen LogP contribution in [0.2, 0.25) is 0 Å². The molecule has 120 valence electrons. The average Bonchev–Trinajstić information content (AvgIpc) is 2.45. The van der Waals surface area contributed by atoms with Gasteiger partial charge in [-0.05, 0) is 26.0 Å². The van der Waals surface area contributed by atoms with Gasteiger partial charge < -0.3 is 4.74 Å². The van der Waals surface area contributed by atoms with Crippen molar-refractivity contribution in [3.8, 4) is 5.75 Å². The normalized spacial score (nSPS) is 11.0. The van der Waals surface area contributed by atoms with Crippen LogP contribution in [0, 0.1) is 13.8 Å². The summed E-state index contributed by atoms with van der Waals surface area (Å²) in [4.78, 5) is 23.0. The number of anilines is 1. The summed E-state index contributed by atoms with van der Waals surface area (Å²) in [6.45, 7) is 5.19. The molecule has 0 aliphatic heterocycles. The van der Waals surface area contributed by atoms with Gasteiger partial charge in [-0.25, -0.2) is 10.3 Å². The highest BCUT2D eigenvalue weighted by atomic mass is 16.5. The highest BCUT2D eigenvalue weighted by Crippen LogP contribution is 2.16. The molecule has 23 heavy (non-hydrogen) atoms. The monoisotopic (exact) mass is 314 g/mol. The smallest absolute Gasteiger partial charge is 0.354 e. The van der Waals surface area contributed by atoms with Gasteiger partial charge in [-0.15, -0.1) is 9.97 Å². The van der Waals surface area contributed by atoms with E-state index in [0.29, 0.717) is 17.7 Å². The van der Waals surface area contributed by atoms with E-state index in [4.69, 9.17) is 4.74 Å². The van der Waals surface area contributed by atoms with Crippen LogP contribution in [0.1, 0.15) is 18.3 Å². The molecule has 2 aromatic rings. The second kappa shape index (κ2) is 7.35. The van der Waals surface area contributed by atoms with Crippen molar-refractivity contribution in [2.75, 3.05) is 12.4 Å². The van der Waals surface area contributed by atoms with E-state index in [1.165, 1.54) is 6.92 Å². The van der Waals surface area contributed by atoms with Crippen LogP contribution in [-0.4, -0.2) is 28.9 Å². The van der Waals surface area contributed by atoms with Gasteiger partial charge in [0.25, 0.3) is 11.9 Å². The molecule has 3 N–H and O–H groups in total. The number of rotatable bonds is 3. The van der Waals surface area contributed by atoms with E-state index >= 15 is 0 Å². The summed E-state index contributed by atoms with van der Waals surface area (Å²) in [5.74, 6) is 1.27. The molecule has 0 spiro atoms. The maximum atomic E-state index is 11.4. The Kier molecular flexibility index (Phi) is 5.24.